The molecule has 0 spiro atoms. The van der Waals surface area contributed by atoms with Crippen molar-refractivity contribution in [2.45, 2.75) is 53.4 Å². The number of hydrogen-bond donors (Lipinski definition) is 1. The molecule has 0 bridgehead atoms. The van der Waals surface area contributed by atoms with Crippen LogP contribution in [-0.2, 0) is 9.59 Å². The van der Waals surface area contributed by atoms with E-state index in [1.807, 2.05) is 0 Å². The first kappa shape index (κ1) is 16.8. The summed E-state index contributed by atoms with van der Waals surface area (Å²) in [4.78, 5) is 24.2. The Bertz CT molecular complexity index is 755. The predicted octanol–water partition coefficient (Wildman–Crippen LogP) is 4.55. The molecule has 3 heteroatoms. The van der Waals surface area contributed by atoms with Crippen LogP contribution in [0.4, 0.5) is 0 Å². The van der Waals surface area contributed by atoms with Crippen LogP contribution in [0.15, 0.2) is 35.1 Å². The molecule has 0 aromatic rings. The molecule has 0 radical (unpaired) electrons. The van der Waals surface area contributed by atoms with Gasteiger partial charge in [0.25, 0.3) is 0 Å². The average molecular weight is 340 g/mol. The Morgan fingerprint density at radius 1 is 1.28 bits per heavy atom. The van der Waals surface area contributed by atoms with E-state index in [1.54, 1.807) is 13.0 Å². The fourth-order valence-corrected chi connectivity index (χ4v) is 6.85. The standard InChI is InChI=1S/C22H28O3/c1-12-9-18-16-6-5-14-10-15(24)11-19(25)22(14,4)17(16)7-8-21(18,3)20(12)13(2)23/h7,10-12,16,18,20,25H,5-6,8-9H2,1-4H3/t12-,16-,18+,20-,21+,22+/m1/s1. The molecule has 4 aliphatic rings. The maximum atomic E-state index is 12.3. The van der Waals surface area contributed by atoms with Crippen LogP contribution in [0.3, 0.4) is 0 Å². The van der Waals surface area contributed by atoms with E-state index in [2.05, 4.69) is 26.8 Å². The van der Waals surface area contributed by atoms with E-state index in [-0.39, 0.29) is 22.9 Å². The van der Waals surface area contributed by atoms with Crippen LogP contribution in [0.2, 0.25) is 0 Å². The van der Waals surface area contributed by atoms with Crippen LogP contribution in [-0.4, -0.2) is 16.7 Å². The second-order valence-electron chi connectivity index (χ2n) is 9.15. The topological polar surface area (TPSA) is 54.4 Å². The summed E-state index contributed by atoms with van der Waals surface area (Å²) in [6.07, 6.45) is 9.25. The summed E-state index contributed by atoms with van der Waals surface area (Å²) in [6.45, 7) is 8.34. The molecule has 4 aliphatic carbocycles. The molecule has 0 aliphatic heterocycles. The Kier molecular flexibility index (Phi) is 3.49. The van der Waals surface area contributed by atoms with Crippen LogP contribution in [0, 0.1) is 34.5 Å². The summed E-state index contributed by atoms with van der Waals surface area (Å²) < 4.78 is 0. The number of Topliss-reactive ketones (excluding diaryl/α,β-unsaturated/α-hetero) is 1. The molecule has 3 nitrogen and oxygen atoms in total. The summed E-state index contributed by atoms with van der Waals surface area (Å²) >= 11 is 0. The molecular weight excluding hydrogens is 312 g/mol. The molecule has 0 aromatic carbocycles. The fraction of sp³-hybridized carbons (Fsp3) is 0.636. The Morgan fingerprint density at radius 2 is 2.00 bits per heavy atom. The van der Waals surface area contributed by atoms with Crippen molar-refractivity contribution in [3.05, 3.63) is 35.1 Å². The Hall–Kier alpha value is -1.64. The van der Waals surface area contributed by atoms with Crippen molar-refractivity contribution in [3.8, 4) is 0 Å². The first-order chi connectivity index (χ1) is 11.7. The third kappa shape index (κ3) is 2.04. The quantitative estimate of drug-likeness (QED) is 0.712. The highest BCUT2D eigenvalue weighted by molar-refractivity contribution is 6.02. The number of rotatable bonds is 1. The van der Waals surface area contributed by atoms with E-state index in [9.17, 15) is 14.7 Å². The van der Waals surface area contributed by atoms with Gasteiger partial charge in [-0.05, 0) is 74.3 Å². The largest absolute Gasteiger partial charge is 0.511 e. The van der Waals surface area contributed by atoms with Crippen LogP contribution in [0.1, 0.15) is 53.4 Å². The first-order valence-corrected chi connectivity index (χ1v) is 9.56. The highest BCUT2D eigenvalue weighted by Crippen LogP contribution is 2.65. The number of carbonyl (C=O) groups excluding carboxylic acids is 2. The highest BCUT2D eigenvalue weighted by Gasteiger charge is 2.59. The van der Waals surface area contributed by atoms with Crippen LogP contribution in [0.5, 0.6) is 0 Å². The van der Waals surface area contributed by atoms with Gasteiger partial charge >= 0.3 is 0 Å². The zero-order valence-corrected chi connectivity index (χ0v) is 15.6. The third-order valence-corrected chi connectivity index (χ3v) is 7.89. The number of aliphatic hydroxyl groups excluding tert-OH is 1. The van der Waals surface area contributed by atoms with Gasteiger partial charge < -0.3 is 5.11 Å². The lowest BCUT2D eigenvalue weighted by Crippen LogP contribution is -2.45. The minimum atomic E-state index is -0.518. The van der Waals surface area contributed by atoms with Crippen molar-refractivity contribution in [1.82, 2.24) is 0 Å². The molecule has 134 valence electrons. The molecule has 0 aromatic heterocycles. The predicted molar refractivity (Wildman–Crippen MR) is 96.9 cm³/mol. The number of hydrogen-bond acceptors (Lipinski definition) is 3. The Morgan fingerprint density at radius 3 is 2.68 bits per heavy atom. The third-order valence-electron chi connectivity index (χ3n) is 7.89. The van der Waals surface area contributed by atoms with Crippen molar-refractivity contribution in [1.29, 1.82) is 0 Å². The molecule has 4 rings (SSSR count). The van der Waals surface area contributed by atoms with Gasteiger partial charge in [-0.3, -0.25) is 9.59 Å². The lowest BCUT2D eigenvalue weighted by molar-refractivity contribution is -0.126. The number of carbonyl (C=O) groups is 2. The van der Waals surface area contributed by atoms with E-state index in [0.29, 0.717) is 23.5 Å². The van der Waals surface area contributed by atoms with E-state index < -0.39 is 5.41 Å². The minimum absolute atomic E-state index is 0.0286. The maximum Gasteiger partial charge on any atom is 0.182 e. The highest BCUT2D eigenvalue weighted by atomic mass is 16.3. The van der Waals surface area contributed by atoms with Crippen molar-refractivity contribution in [3.63, 3.8) is 0 Å². The fourth-order valence-electron chi connectivity index (χ4n) is 6.85. The van der Waals surface area contributed by atoms with Gasteiger partial charge in [0.1, 0.15) is 11.5 Å². The number of fused-ring (bicyclic) bond motifs is 5. The van der Waals surface area contributed by atoms with Gasteiger partial charge in [0, 0.05) is 12.0 Å². The summed E-state index contributed by atoms with van der Waals surface area (Å²) in [6, 6.07) is 0. The summed E-state index contributed by atoms with van der Waals surface area (Å²) in [5.41, 5.74) is 1.85. The van der Waals surface area contributed by atoms with Gasteiger partial charge in [-0.1, -0.05) is 25.5 Å². The summed E-state index contributed by atoms with van der Waals surface area (Å²) in [5.74, 6) is 1.86. The second kappa shape index (κ2) is 5.18. The van der Waals surface area contributed by atoms with Crippen LogP contribution >= 0.6 is 0 Å². The average Bonchev–Trinajstić information content (AvgIpc) is 2.79. The van der Waals surface area contributed by atoms with E-state index in [1.165, 1.54) is 11.6 Å². The summed E-state index contributed by atoms with van der Waals surface area (Å²) in [5, 5.41) is 10.7. The molecule has 0 unspecified atom stereocenters. The second-order valence-corrected chi connectivity index (χ2v) is 9.15. The van der Waals surface area contributed by atoms with Gasteiger partial charge in [0.15, 0.2) is 5.78 Å². The normalized spacial score (nSPS) is 45.6. The van der Waals surface area contributed by atoms with Gasteiger partial charge in [-0.25, -0.2) is 0 Å². The van der Waals surface area contributed by atoms with Gasteiger partial charge in [-0.15, -0.1) is 0 Å². The van der Waals surface area contributed by atoms with Crippen molar-refractivity contribution >= 4 is 11.6 Å². The molecule has 0 amide bonds. The molecule has 2 saturated carbocycles. The smallest absolute Gasteiger partial charge is 0.182 e. The molecular formula is C22H28O3. The van der Waals surface area contributed by atoms with E-state index >= 15 is 0 Å². The van der Waals surface area contributed by atoms with Crippen molar-refractivity contribution in [2.24, 2.45) is 34.5 Å². The zero-order valence-electron chi connectivity index (χ0n) is 15.6. The molecule has 1 N–H and O–H groups in total. The van der Waals surface area contributed by atoms with Gasteiger partial charge in [-0.2, -0.15) is 0 Å². The first-order valence-electron chi connectivity index (χ1n) is 9.56. The molecule has 0 heterocycles. The lowest BCUT2D eigenvalue weighted by Gasteiger charge is -2.52. The molecule has 2 fully saturated rings. The maximum absolute atomic E-state index is 12.3. The number of aliphatic hydroxyl groups is 1. The summed E-state index contributed by atoms with van der Waals surface area (Å²) in [7, 11) is 0. The zero-order chi connectivity index (χ0) is 18.1. The number of allylic oxidation sites excluding steroid dienone is 4. The van der Waals surface area contributed by atoms with Gasteiger partial charge in [0.05, 0.1) is 5.41 Å². The molecule has 25 heavy (non-hydrogen) atoms. The monoisotopic (exact) mass is 340 g/mol. The van der Waals surface area contributed by atoms with Crippen LogP contribution in [0.25, 0.3) is 0 Å². The minimum Gasteiger partial charge on any atom is -0.511 e. The Labute approximate surface area is 149 Å². The van der Waals surface area contributed by atoms with Crippen molar-refractivity contribution in [2.75, 3.05) is 0 Å². The number of ketones is 2. The van der Waals surface area contributed by atoms with Crippen molar-refractivity contribution < 1.29 is 14.7 Å². The Balaban J connectivity index is 1.80. The SMILES string of the molecule is CC(=O)[C@H]1[C@H](C)C[C@H]2[C@@H]3CCC4=CC(=O)C=C(O)[C@]4(C)C3=CC[C@@]21C. The van der Waals surface area contributed by atoms with E-state index in [4.69, 9.17) is 0 Å². The van der Waals surface area contributed by atoms with Gasteiger partial charge in [0.2, 0.25) is 0 Å². The lowest BCUT2D eigenvalue weighted by atomic mass is 9.51. The van der Waals surface area contributed by atoms with E-state index in [0.717, 1.165) is 31.3 Å². The molecule has 0 saturated heterocycles. The van der Waals surface area contributed by atoms with Crippen LogP contribution < -0.4 is 0 Å². The molecule has 6 atom stereocenters.